The van der Waals surface area contributed by atoms with Gasteiger partial charge in [-0.25, -0.2) is 0 Å². The molecule has 5 nitrogen and oxygen atoms in total. The van der Waals surface area contributed by atoms with E-state index in [0.29, 0.717) is 10.2 Å². The number of aromatic nitrogens is 1. The van der Waals surface area contributed by atoms with E-state index in [2.05, 4.69) is 106 Å². The minimum absolute atomic E-state index is 0. The molecule has 1 aliphatic carbocycles. The van der Waals surface area contributed by atoms with Crippen LogP contribution in [0.4, 0.5) is 0 Å². The zero-order valence-corrected chi connectivity index (χ0v) is 33.2. The number of amides is 1. The molecule has 0 spiro atoms. The maximum absolute atomic E-state index is 10.8. The van der Waals surface area contributed by atoms with E-state index in [1.807, 2.05) is 17.9 Å². The maximum Gasteiger partial charge on any atom is 0.210 e. The summed E-state index contributed by atoms with van der Waals surface area (Å²) in [4.78, 5) is 21.7. The summed E-state index contributed by atoms with van der Waals surface area (Å²) in [7, 11) is 1.79. The summed E-state index contributed by atoms with van der Waals surface area (Å²) in [6.07, 6.45) is 14.0. The van der Waals surface area contributed by atoms with E-state index in [4.69, 9.17) is 10.1 Å². The lowest BCUT2D eigenvalue weighted by Gasteiger charge is -2.21. The van der Waals surface area contributed by atoms with Gasteiger partial charge in [-0.05, 0) is 101 Å². The van der Waals surface area contributed by atoms with Gasteiger partial charge in [-0.2, -0.15) is 0 Å². The van der Waals surface area contributed by atoms with Crippen molar-refractivity contribution < 1.29 is 4.79 Å². The number of nitrogens with zero attached hydrogens (tertiary/aromatic N) is 3. The van der Waals surface area contributed by atoms with E-state index in [1.54, 1.807) is 7.05 Å². The van der Waals surface area contributed by atoms with E-state index in [0.717, 1.165) is 69.2 Å². The van der Waals surface area contributed by atoms with Gasteiger partial charge in [-0.15, -0.1) is 6.58 Å². The highest BCUT2D eigenvalue weighted by Gasteiger charge is 2.36. The Bertz CT molecular complexity index is 1250. The average molecular weight is 683 g/mol. The number of nitrogens with two attached hydrogens (primary N) is 1. The highest BCUT2D eigenvalue weighted by molar-refractivity contribution is 7.98. The molecule has 6 heteroatoms. The molecular formula is C42H74N4OS. The monoisotopic (exact) mass is 683 g/mol. The Balaban J connectivity index is 0. The number of allylic oxidation sites excluding steroid dienone is 2. The van der Waals surface area contributed by atoms with Crippen molar-refractivity contribution in [1.29, 1.82) is 0 Å². The predicted octanol–water partition coefficient (Wildman–Crippen LogP) is 11.8. The number of hydrogen-bond donors (Lipinski definition) is 1. The molecule has 274 valence electrons. The van der Waals surface area contributed by atoms with E-state index >= 15 is 0 Å². The zero-order chi connectivity index (χ0) is 36.2. The summed E-state index contributed by atoms with van der Waals surface area (Å²) in [5.74, 6) is 0. The molecule has 0 bridgehead atoms. The molecule has 1 aromatic heterocycles. The molecule has 4 rings (SSSR count). The van der Waals surface area contributed by atoms with Gasteiger partial charge in [0.15, 0.2) is 0 Å². The van der Waals surface area contributed by atoms with E-state index in [1.165, 1.54) is 64.5 Å². The van der Waals surface area contributed by atoms with Crippen molar-refractivity contribution in [3.05, 3.63) is 65.4 Å². The van der Waals surface area contributed by atoms with Crippen molar-refractivity contribution >= 4 is 35.0 Å². The normalized spacial score (nSPS) is 15.9. The Labute approximate surface area is 301 Å². The summed E-state index contributed by atoms with van der Waals surface area (Å²) in [6.45, 7) is 32.2. The van der Waals surface area contributed by atoms with Crippen LogP contribution in [0.3, 0.4) is 0 Å². The van der Waals surface area contributed by atoms with Gasteiger partial charge in [0.05, 0.1) is 11.6 Å². The summed E-state index contributed by atoms with van der Waals surface area (Å²) in [6, 6.07) is 6.91. The zero-order valence-electron chi connectivity index (χ0n) is 32.4. The number of fused-ring (bicyclic) bond motifs is 1. The van der Waals surface area contributed by atoms with Gasteiger partial charge in [-0.1, -0.05) is 111 Å². The van der Waals surface area contributed by atoms with Crippen molar-refractivity contribution in [1.82, 2.24) is 9.88 Å². The van der Waals surface area contributed by atoms with Gasteiger partial charge in [0.2, 0.25) is 6.41 Å². The van der Waals surface area contributed by atoms with Gasteiger partial charge in [0.25, 0.3) is 0 Å². The smallest absolute Gasteiger partial charge is 0.210 e. The Kier molecular flexibility index (Phi) is 24.5. The fourth-order valence-electron chi connectivity index (χ4n) is 4.70. The quantitative estimate of drug-likeness (QED) is 0.124. The molecule has 1 aromatic carbocycles. The molecule has 2 aliphatic rings. The molecule has 2 aromatic rings. The minimum atomic E-state index is 0. The Morgan fingerprint density at radius 1 is 1.19 bits per heavy atom. The number of aryl methyl sites for hydroxylation is 4. The predicted molar refractivity (Wildman–Crippen MR) is 220 cm³/mol. The van der Waals surface area contributed by atoms with Gasteiger partial charge < -0.3 is 4.90 Å². The van der Waals surface area contributed by atoms with E-state index in [-0.39, 0.29) is 13.5 Å². The minimum Gasteiger partial charge on any atom is -0.337 e. The van der Waals surface area contributed by atoms with Crippen molar-refractivity contribution in [2.45, 2.75) is 159 Å². The van der Waals surface area contributed by atoms with Crippen molar-refractivity contribution in [2.75, 3.05) is 13.6 Å². The second-order valence-electron chi connectivity index (χ2n) is 14.3. The lowest BCUT2D eigenvalue weighted by Crippen LogP contribution is -2.35. The number of likely N-dealkylation sites (tertiary alicyclic amines) is 1. The number of carbonyl (C=O) groups is 1. The number of aliphatic imine (C=N–C) groups is 1. The first-order valence-corrected chi connectivity index (χ1v) is 18.7. The Morgan fingerprint density at radius 3 is 2.15 bits per heavy atom. The number of hydrogen-bond acceptors (Lipinski definition) is 5. The second kappa shape index (κ2) is 24.7. The van der Waals surface area contributed by atoms with Gasteiger partial charge in [0, 0.05) is 41.6 Å². The van der Waals surface area contributed by atoms with Crippen LogP contribution < -0.4 is 5.14 Å². The van der Waals surface area contributed by atoms with Crippen molar-refractivity contribution in [3.8, 4) is 0 Å². The van der Waals surface area contributed by atoms with Crippen LogP contribution in [0.5, 0.6) is 0 Å². The third-order valence-corrected chi connectivity index (χ3v) is 9.64. The van der Waals surface area contributed by atoms with E-state index < -0.39 is 0 Å². The highest BCUT2D eigenvalue weighted by atomic mass is 32.2. The first-order valence-electron chi connectivity index (χ1n) is 17.8. The van der Waals surface area contributed by atoms with Crippen LogP contribution in [0.2, 0.25) is 0 Å². The molecule has 1 aliphatic heterocycles. The van der Waals surface area contributed by atoms with Crippen LogP contribution >= 0.6 is 11.9 Å². The summed E-state index contributed by atoms with van der Waals surface area (Å²) in [5.41, 5.74) is 9.28. The lowest BCUT2D eigenvalue weighted by atomic mass is 9.94. The van der Waals surface area contributed by atoms with Crippen LogP contribution in [0.1, 0.15) is 143 Å². The van der Waals surface area contributed by atoms with Crippen molar-refractivity contribution in [2.24, 2.45) is 15.5 Å². The van der Waals surface area contributed by atoms with Crippen molar-refractivity contribution in [3.63, 3.8) is 0 Å². The van der Waals surface area contributed by atoms with Crippen LogP contribution in [0.25, 0.3) is 10.9 Å². The number of rotatable bonds is 9. The summed E-state index contributed by atoms with van der Waals surface area (Å²) in [5, 5.41) is 6.59. The molecule has 0 radical (unpaired) electrons. The third kappa shape index (κ3) is 18.4. The van der Waals surface area contributed by atoms with E-state index in [9.17, 15) is 4.79 Å². The molecule has 2 N–H and O–H groups in total. The van der Waals surface area contributed by atoms with Gasteiger partial charge in [-0.3, -0.25) is 19.9 Å². The number of pyridine rings is 1. The molecular weight excluding hydrogens is 609 g/mol. The number of carbonyl (C=O) groups excluding carboxylic acids is 1. The van der Waals surface area contributed by atoms with Gasteiger partial charge >= 0.3 is 0 Å². The number of benzene rings is 1. The Morgan fingerprint density at radius 2 is 1.77 bits per heavy atom. The molecule has 2 heterocycles. The Hall–Kier alpha value is -2.44. The van der Waals surface area contributed by atoms with Crippen LogP contribution in [0, 0.1) is 19.3 Å². The molecule has 1 saturated carbocycles. The average Bonchev–Trinajstić information content (AvgIpc) is 3.60. The second-order valence-corrected chi connectivity index (χ2v) is 15.5. The van der Waals surface area contributed by atoms with Crippen LogP contribution in [-0.4, -0.2) is 46.4 Å². The molecule has 1 unspecified atom stereocenters. The fourth-order valence-corrected chi connectivity index (χ4v) is 5.03. The van der Waals surface area contributed by atoms with Gasteiger partial charge in [0.1, 0.15) is 0 Å². The van der Waals surface area contributed by atoms with Crippen LogP contribution in [0.15, 0.2) is 48.0 Å². The fraction of sp³-hybridized carbons (Fsp3) is 0.643. The first-order chi connectivity index (χ1) is 22.1. The summed E-state index contributed by atoms with van der Waals surface area (Å²) >= 11 is 1.49. The highest BCUT2D eigenvalue weighted by Crippen LogP contribution is 2.44. The largest absolute Gasteiger partial charge is 0.337 e. The lowest BCUT2D eigenvalue weighted by molar-refractivity contribution is -0.117. The summed E-state index contributed by atoms with van der Waals surface area (Å²) < 4.78 is 0.486. The molecule has 1 amide bonds. The van der Waals surface area contributed by atoms with Crippen LogP contribution in [-0.2, 0) is 17.6 Å². The third-order valence-electron chi connectivity index (χ3n) is 8.67. The molecule has 1 saturated heterocycles. The molecule has 1 atom stereocenters. The molecule has 48 heavy (non-hydrogen) atoms. The standard InChI is InChI=1S/C16H21N.C11H18N2O.C6H14.C4H9NS.C4H8.CH4/c1-5-7-14-10-11(3)15-9-8-13(6-2)12(4)16(15)17-14;1-9(2)7-10(12-3)11-5-4-6-13(11)8-14;1-5-6(2,3)4;1-4(6-5)2-3-4;1-3-4-2;/h8-10H,5-7H2,1-4H3;8,11H,1,4-7H2,2-3H3;5H2,1-4H3;2-3,5H2,1H3;3H,1,4H2,2H3;1H4. The maximum atomic E-state index is 10.8. The topological polar surface area (TPSA) is 71.6 Å². The molecule has 2 fully saturated rings. The first kappa shape index (κ1) is 47.7. The SMILES string of the molecule is C.C=C(C)CC(=NC)C1CCCN1C=O.C=CCC.CC1(SN)CC1.CCC(C)(C)C.CCCc1cc(C)c2ccc(CC)c(C)c2n1.